The fraction of sp³-hybridized carbons (Fsp3) is 0.429. The van der Waals surface area contributed by atoms with Gasteiger partial charge in [-0.1, -0.05) is 26.3 Å². The van der Waals surface area contributed by atoms with E-state index in [1.807, 2.05) is 13.8 Å². The maximum absolute atomic E-state index is 6.19. The van der Waals surface area contributed by atoms with Gasteiger partial charge in [0.2, 0.25) is 0 Å². The van der Waals surface area contributed by atoms with Gasteiger partial charge in [-0.25, -0.2) is 0 Å². The van der Waals surface area contributed by atoms with Gasteiger partial charge >= 0.3 is 0 Å². The number of aromatic nitrogens is 1. The molecular weight excluding hydrogens is 319 g/mol. The first-order valence-corrected chi connectivity index (χ1v) is 7.07. The van der Waals surface area contributed by atoms with Gasteiger partial charge in [-0.15, -0.1) is 40.7 Å². The van der Waals surface area contributed by atoms with Crippen molar-refractivity contribution >= 4 is 34.1 Å². The molecule has 1 unspecified atom stereocenters. The smallest absolute Gasteiger partial charge is 0 e. The molecule has 2 N–H and O–H groups in total. The summed E-state index contributed by atoms with van der Waals surface area (Å²) in [4.78, 5) is 3.37. The molecule has 2 heterocycles. The van der Waals surface area contributed by atoms with Crippen LogP contribution >= 0.6 is 23.2 Å². The summed E-state index contributed by atoms with van der Waals surface area (Å²) >= 11 is 12.2. The molecule has 0 bridgehead atoms. The standard InChI is InChI=1S/C12H11Cl2N2.C2H6.Cr/c1-6-10-7-2-3-8(13)11(14)12(7)16-9(10)4-5-15-6;1-2;/h3,6,15-16H,4-5H2,1H3;1-2H3;/q-1;;. The molecule has 1 aromatic heterocycles. The molecule has 0 spiro atoms. The van der Waals surface area contributed by atoms with Gasteiger partial charge in [0.15, 0.2) is 0 Å². The molecule has 1 aliphatic heterocycles. The normalized spacial score (nSPS) is 17.2. The Balaban J connectivity index is 0.000000576. The Hall–Kier alpha value is -0.168. The Morgan fingerprint density at radius 2 is 2.00 bits per heavy atom. The zero-order valence-corrected chi connectivity index (χ0v) is 14.0. The Morgan fingerprint density at radius 1 is 1.32 bits per heavy atom. The SMILES string of the molecule is CC.CC1NCCc2[nH]c3c(Cl)c(Cl)c[c-]c3c21.[Cr]. The van der Waals surface area contributed by atoms with Crippen molar-refractivity contribution in [1.29, 1.82) is 0 Å². The van der Waals surface area contributed by atoms with Gasteiger partial charge in [0.1, 0.15) is 0 Å². The van der Waals surface area contributed by atoms with Crippen LogP contribution in [0.5, 0.6) is 0 Å². The third-order valence-electron chi connectivity index (χ3n) is 3.15. The van der Waals surface area contributed by atoms with Gasteiger partial charge in [-0.05, 0) is 40.3 Å². The number of fused-ring (bicyclic) bond motifs is 3. The van der Waals surface area contributed by atoms with Crippen molar-refractivity contribution < 1.29 is 17.4 Å². The van der Waals surface area contributed by atoms with Crippen LogP contribution in [0.1, 0.15) is 38.1 Å². The van der Waals surface area contributed by atoms with E-state index in [9.17, 15) is 0 Å². The van der Waals surface area contributed by atoms with E-state index < -0.39 is 0 Å². The molecule has 0 saturated heterocycles. The molecule has 1 atom stereocenters. The van der Waals surface area contributed by atoms with Crippen LogP contribution in [-0.2, 0) is 23.8 Å². The quantitative estimate of drug-likeness (QED) is 0.681. The molecule has 2 aromatic rings. The zero-order valence-electron chi connectivity index (χ0n) is 11.2. The van der Waals surface area contributed by atoms with E-state index in [1.54, 1.807) is 6.07 Å². The summed E-state index contributed by atoms with van der Waals surface area (Å²) in [5.74, 6) is 0. The minimum absolute atomic E-state index is 0. The van der Waals surface area contributed by atoms with Crippen LogP contribution in [0.2, 0.25) is 10.0 Å². The first-order chi connectivity index (χ1) is 8.68. The Labute approximate surface area is 135 Å². The number of hydrogen-bond donors (Lipinski definition) is 2. The van der Waals surface area contributed by atoms with Crippen molar-refractivity contribution in [3.8, 4) is 0 Å². The minimum atomic E-state index is 0. The van der Waals surface area contributed by atoms with Crippen LogP contribution in [0.3, 0.4) is 0 Å². The molecule has 104 valence electrons. The van der Waals surface area contributed by atoms with Gasteiger partial charge in [0.05, 0.1) is 0 Å². The Bertz CT molecular complexity index is 566. The van der Waals surface area contributed by atoms with E-state index in [2.05, 4.69) is 23.3 Å². The average molecular weight is 336 g/mol. The van der Waals surface area contributed by atoms with Crippen LogP contribution in [0.4, 0.5) is 0 Å². The molecule has 3 rings (SSSR count). The van der Waals surface area contributed by atoms with Gasteiger partial charge in [-0.2, -0.15) is 0 Å². The summed E-state index contributed by atoms with van der Waals surface area (Å²) < 4.78 is 0. The third-order valence-corrected chi connectivity index (χ3v) is 3.94. The van der Waals surface area contributed by atoms with Crippen molar-refractivity contribution in [2.45, 2.75) is 33.2 Å². The maximum atomic E-state index is 6.19. The largest absolute Gasteiger partial charge is 0.405 e. The summed E-state index contributed by atoms with van der Waals surface area (Å²) in [5.41, 5.74) is 3.44. The third kappa shape index (κ3) is 2.96. The average Bonchev–Trinajstić information content (AvgIpc) is 2.77. The van der Waals surface area contributed by atoms with Crippen LogP contribution in [0.15, 0.2) is 6.07 Å². The van der Waals surface area contributed by atoms with Gasteiger partial charge in [0, 0.05) is 17.4 Å². The van der Waals surface area contributed by atoms with Gasteiger partial charge in [0.25, 0.3) is 0 Å². The molecule has 0 aliphatic carbocycles. The number of nitrogens with one attached hydrogen (secondary N) is 2. The zero-order chi connectivity index (χ0) is 13.3. The number of H-pyrrole nitrogens is 1. The van der Waals surface area contributed by atoms with E-state index >= 15 is 0 Å². The van der Waals surface area contributed by atoms with Crippen LogP contribution in [0.25, 0.3) is 10.9 Å². The first-order valence-electron chi connectivity index (χ1n) is 6.32. The van der Waals surface area contributed by atoms with Crippen molar-refractivity contribution in [2.24, 2.45) is 0 Å². The van der Waals surface area contributed by atoms with Crippen molar-refractivity contribution in [3.05, 3.63) is 33.4 Å². The molecule has 1 aliphatic rings. The van der Waals surface area contributed by atoms with Crippen LogP contribution < -0.4 is 5.32 Å². The predicted molar refractivity (Wildman–Crippen MR) is 78.6 cm³/mol. The number of aromatic amines is 1. The fourth-order valence-electron chi connectivity index (χ4n) is 2.39. The Kier molecular flexibility index (Phi) is 6.24. The molecule has 0 saturated carbocycles. The first kappa shape index (κ1) is 16.9. The monoisotopic (exact) mass is 335 g/mol. The van der Waals surface area contributed by atoms with Crippen molar-refractivity contribution in [1.82, 2.24) is 10.3 Å². The number of hydrogen-bond acceptors (Lipinski definition) is 1. The summed E-state index contributed by atoms with van der Waals surface area (Å²) in [6.45, 7) is 7.15. The summed E-state index contributed by atoms with van der Waals surface area (Å²) in [6.07, 6.45) is 0.996. The van der Waals surface area contributed by atoms with Crippen molar-refractivity contribution in [3.63, 3.8) is 0 Å². The fourth-order valence-corrected chi connectivity index (χ4v) is 2.74. The molecule has 19 heavy (non-hydrogen) atoms. The van der Waals surface area contributed by atoms with E-state index in [0.29, 0.717) is 16.1 Å². The number of halogens is 2. The van der Waals surface area contributed by atoms with E-state index in [-0.39, 0.29) is 17.4 Å². The van der Waals surface area contributed by atoms with E-state index in [0.717, 1.165) is 23.9 Å². The van der Waals surface area contributed by atoms with E-state index in [1.165, 1.54) is 11.3 Å². The van der Waals surface area contributed by atoms with Crippen LogP contribution in [0, 0.1) is 6.07 Å². The summed E-state index contributed by atoms with van der Waals surface area (Å²) in [5, 5.41) is 5.64. The van der Waals surface area contributed by atoms with Crippen molar-refractivity contribution in [2.75, 3.05) is 6.54 Å². The molecule has 0 radical (unpaired) electrons. The van der Waals surface area contributed by atoms with Crippen LogP contribution in [-0.4, -0.2) is 11.5 Å². The molecule has 0 fully saturated rings. The number of rotatable bonds is 0. The summed E-state index contributed by atoms with van der Waals surface area (Å²) in [7, 11) is 0. The second kappa shape index (κ2) is 7.02. The van der Waals surface area contributed by atoms with Gasteiger partial charge < -0.3 is 10.3 Å². The molecule has 0 amide bonds. The second-order valence-electron chi connectivity index (χ2n) is 4.14. The molecule has 1 aromatic carbocycles. The predicted octanol–water partition coefficient (Wildman–Crippen LogP) is 4.51. The molecule has 5 heteroatoms. The van der Waals surface area contributed by atoms with E-state index in [4.69, 9.17) is 23.2 Å². The maximum Gasteiger partial charge on any atom is 0 e. The number of benzene rings is 1. The van der Waals surface area contributed by atoms with Gasteiger partial charge in [-0.3, -0.25) is 0 Å². The minimum Gasteiger partial charge on any atom is -0.405 e. The molecule has 2 nitrogen and oxygen atoms in total. The molecular formula is C14H17Cl2CrN2-. The second-order valence-corrected chi connectivity index (χ2v) is 4.93. The topological polar surface area (TPSA) is 27.8 Å². The Morgan fingerprint density at radius 3 is 2.68 bits per heavy atom. The summed E-state index contributed by atoms with van der Waals surface area (Å²) in [6, 6.07) is 5.29.